The van der Waals surface area contributed by atoms with Crippen molar-refractivity contribution in [3.63, 3.8) is 0 Å². The molecule has 12 heteroatoms. The number of hydrogen-bond donors (Lipinski definition) is 7. The van der Waals surface area contributed by atoms with Gasteiger partial charge in [0.1, 0.15) is 12.1 Å². The summed E-state index contributed by atoms with van der Waals surface area (Å²) in [5.74, 6) is -4.89. The Hall–Kier alpha value is -2.73. The number of carbonyl (C=O) groups excluding carboxylic acids is 4. The number of aliphatic hydroxyl groups is 1. The molecule has 0 aliphatic carbocycles. The third kappa shape index (κ3) is 8.33. The highest BCUT2D eigenvalue weighted by molar-refractivity contribution is 5.93. The van der Waals surface area contributed by atoms with Gasteiger partial charge in [-0.1, -0.05) is 0 Å². The lowest BCUT2D eigenvalue weighted by Crippen LogP contribution is -2.55. The Kier molecular flexibility index (Phi) is 8.88. The number of hydrogen-bond acceptors (Lipinski definition) is 7. The second kappa shape index (κ2) is 10.1. The van der Waals surface area contributed by atoms with E-state index in [9.17, 15) is 24.0 Å². The molecule has 0 spiro atoms. The second-order valence-corrected chi connectivity index (χ2v) is 4.35. The van der Waals surface area contributed by atoms with E-state index in [0.717, 1.165) is 0 Å². The lowest BCUT2D eigenvalue weighted by atomic mass is 10.1. The van der Waals surface area contributed by atoms with E-state index in [0.29, 0.717) is 0 Å². The molecule has 0 heterocycles. The summed E-state index contributed by atoms with van der Waals surface area (Å²) in [5.41, 5.74) is 9.87. The molecular formula is C11H19N5O7. The van der Waals surface area contributed by atoms with E-state index in [-0.39, 0.29) is 6.54 Å². The number of aliphatic hydroxyl groups excluding tert-OH is 1. The van der Waals surface area contributed by atoms with Crippen molar-refractivity contribution in [2.45, 2.75) is 18.5 Å². The molecule has 0 bridgehead atoms. The van der Waals surface area contributed by atoms with E-state index >= 15 is 0 Å². The maximum atomic E-state index is 11.8. The fraction of sp³-hybridized carbons (Fsp3) is 0.545. The molecule has 23 heavy (non-hydrogen) atoms. The molecule has 12 nitrogen and oxygen atoms in total. The SMILES string of the molecule is NCC(=O)NCC(=O)N[C@@H](CO)C(=O)N[C@@H](CC(N)=O)C(=O)O. The van der Waals surface area contributed by atoms with Crippen molar-refractivity contribution in [2.75, 3.05) is 19.7 Å². The minimum atomic E-state index is -1.59. The number of carbonyl (C=O) groups is 5. The third-order valence-corrected chi connectivity index (χ3v) is 2.49. The molecule has 2 atom stereocenters. The van der Waals surface area contributed by atoms with Crippen LogP contribution in [0.25, 0.3) is 0 Å². The van der Waals surface area contributed by atoms with Gasteiger partial charge in [0.15, 0.2) is 0 Å². The number of carboxylic acids is 1. The van der Waals surface area contributed by atoms with Crippen LogP contribution in [0, 0.1) is 0 Å². The highest BCUT2D eigenvalue weighted by Crippen LogP contribution is 1.94. The Morgan fingerprint density at radius 2 is 1.61 bits per heavy atom. The third-order valence-electron chi connectivity index (χ3n) is 2.49. The largest absolute Gasteiger partial charge is 0.480 e. The average Bonchev–Trinajstić information content (AvgIpc) is 2.48. The van der Waals surface area contributed by atoms with Crippen LogP contribution < -0.4 is 27.4 Å². The second-order valence-electron chi connectivity index (χ2n) is 4.35. The van der Waals surface area contributed by atoms with Gasteiger partial charge in [-0.25, -0.2) is 4.79 Å². The summed E-state index contributed by atoms with van der Waals surface area (Å²) in [5, 5.41) is 24.1. The summed E-state index contributed by atoms with van der Waals surface area (Å²) in [6.07, 6.45) is -0.653. The van der Waals surface area contributed by atoms with Crippen molar-refractivity contribution >= 4 is 29.6 Å². The zero-order valence-corrected chi connectivity index (χ0v) is 12.1. The lowest BCUT2D eigenvalue weighted by molar-refractivity contribution is -0.144. The molecule has 0 rings (SSSR count). The number of aliphatic carboxylic acids is 1. The zero-order chi connectivity index (χ0) is 18.0. The summed E-state index contributed by atoms with van der Waals surface area (Å²) < 4.78 is 0. The van der Waals surface area contributed by atoms with Gasteiger partial charge in [-0.15, -0.1) is 0 Å². The van der Waals surface area contributed by atoms with Crippen LogP contribution in [0.4, 0.5) is 0 Å². The van der Waals surface area contributed by atoms with Crippen molar-refractivity contribution in [3.05, 3.63) is 0 Å². The number of nitrogens with one attached hydrogen (secondary N) is 3. The van der Waals surface area contributed by atoms with Crippen LogP contribution in [-0.2, 0) is 24.0 Å². The van der Waals surface area contributed by atoms with E-state index in [1.54, 1.807) is 0 Å². The first-order valence-corrected chi connectivity index (χ1v) is 6.39. The molecule has 0 radical (unpaired) electrons. The van der Waals surface area contributed by atoms with Crippen molar-refractivity contribution < 1.29 is 34.2 Å². The van der Waals surface area contributed by atoms with Gasteiger partial charge in [0.25, 0.3) is 0 Å². The zero-order valence-electron chi connectivity index (χ0n) is 12.1. The maximum absolute atomic E-state index is 11.8. The molecule has 0 fully saturated rings. The average molecular weight is 333 g/mol. The number of primary amides is 1. The van der Waals surface area contributed by atoms with Gasteiger partial charge in [0, 0.05) is 0 Å². The first-order chi connectivity index (χ1) is 10.7. The number of nitrogens with two attached hydrogens (primary N) is 2. The van der Waals surface area contributed by atoms with Gasteiger partial charge in [0.2, 0.25) is 23.6 Å². The first kappa shape index (κ1) is 20.3. The monoisotopic (exact) mass is 333 g/mol. The summed E-state index contributed by atoms with van der Waals surface area (Å²) in [6, 6.07) is -3.06. The molecule has 0 aromatic heterocycles. The Labute approximate surface area is 130 Å². The number of rotatable bonds is 10. The van der Waals surface area contributed by atoms with Crippen LogP contribution in [0.3, 0.4) is 0 Å². The highest BCUT2D eigenvalue weighted by Gasteiger charge is 2.27. The molecular weight excluding hydrogens is 314 g/mol. The van der Waals surface area contributed by atoms with Crippen LogP contribution >= 0.6 is 0 Å². The summed E-state index contributed by atoms with van der Waals surface area (Å²) in [4.78, 5) is 55.8. The normalized spacial score (nSPS) is 12.6. The van der Waals surface area contributed by atoms with Gasteiger partial charge >= 0.3 is 5.97 Å². The topological polar surface area (TPSA) is 214 Å². The number of amides is 4. The summed E-state index contributed by atoms with van der Waals surface area (Å²) in [7, 11) is 0. The van der Waals surface area contributed by atoms with Crippen molar-refractivity contribution in [1.82, 2.24) is 16.0 Å². The first-order valence-electron chi connectivity index (χ1n) is 6.39. The Morgan fingerprint density at radius 1 is 1.00 bits per heavy atom. The van der Waals surface area contributed by atoms with Crippen molar-refractivity contribution in [3.8, 4) is 0 Å². The van der Waals surface area contributed by atoms with Crippen LogP contribution in [0.1, 0.15) is 6.42 Å². The molecule has 0 aliphatic heterocycles. The van der Waals surface area contributed by atoms with E-state index < -0.39 is 61.3 Å². The molecule has 130 valence electrons. The molecule has 4 amide bonds. The van der Waals surface area contributed by atoms with E-state index in [1.807, 2.05) is 5.32 Å². The highest BCUT2D eigenvalue weighted by atomic mass is 16.4. The molecule has 0 unspecified atom stereocenters. The Bertz CT molecular complexity index is 481. The smallest absolute Gasteiger partial charge is 0.326 e. The standard InChI is InChI=1S/C11H19N5O7/c12-2-8(19)14-3-9(20)15-6(4-17)10(21)16-5(11(22)23)1-7(13)18/h5-6,17H,1-4,12H2,(H2,13,18)(H,14,19)(H,15,20)(H,16,21)(H,22,23)/t5-,6-/m0/s1. The predicted molar refractivity (Wildman–Crippen MR) is 74.5 cm³/mol. The number of carboxylic acid groups (broad SMARTS) is 1. The van der Waals surface area contributed by atoms with Crippen molar-refractivity contribution in [1.29, 1.82) is 0 Å². The molecule has 0 aromatic rings. The van der Waals surface area contributed by atoms with Crippen LogP contribution in [0.2, 0.25) is 0 Å². The fourth-order valence-electron chi connectivity index (χ4n) is 1.36. The van der Waals surface area contributed by atoms with Crippen LogP contribution in [-0.4, -0.2) is 71.6 Å². The molecule has 0 saturated heterocycles. The molecule has 0 saturated carbocycles. The van der Waals surface area contributed by atoms with Gasteiger partial charge < -0.3 is 37.6 Å². The van der Waals surface area contributed by atoms with Gasteiger partial charge in [-0.3, -0.25) is 19.2 Å². The quantitative estimate of drug-likeness (QED) is 0.205. The molecule has 0 aromatic carbocycles. The summed E-state index contributed by atoms with van der Waals surface area (Å²) >= 11 is 0. The Balaban J connectivity index is 4.60. The van der Waals surface area contributed by atoms with Gasteiger partial charge in [-0.05, 0) is 0 Å². The van der Waals surface area contributed by atoms with E-state index in [1.165, 1.54) is 0 Å². The maximum Gasteiger partial charge on any atom is 0.326 e. The van der Waals surface area contributed by atoms with E-state index in [2.05, 4.69) is 10.6 Å². The van der Waals surface area contributed by atoms with Gasteiger partial charge in [-0.2, -0.15) is 0 Å². The minimum Gasteiger partial charge on any atom is -0.480 e. The fourth-order valence-corrected chi connectivity index (χ4v) is 1.36. The Morgan fingerprint density at radius 3 is 2.04 bits per heavy atom. The van der Waals surface area contributed by atoms with Crippen LogP contribution in [0.5, 0.6) is 0 Å². The van der Waals surface area contributed by atoms with Gasteiger partial charge in [0.05, 0.1) is 26.1 Å². The minimum absolute atomic E-state index is 0.329. The molecule has 0 aliphatic rings. The van der Waals surface area contributed by atoms with E-state index in [4.69, 9.17) is 21.7 Å². The lowest BCUT2D eigenvalue weighted by Gasteiger charge is -2.19. The van der Waals surface area contributed by atoms with Crippen LogP contribution in [0.15, 0.2) is 0 Å². The predicted octanol–water partition coefficient (Wildman–Crippen LogP) is -5.02. The summed E-state index contributed by atoms with van der Waals surface area (Å²) in [6.45, 7) is -1.64. The molecule has 9 N–H and O–H groups in total. The van der Waals surface area contributed by atoms with Crippen molar-refractivity contribution in [2.24, 2.45) is 11.5 Å².